The van der Waals surface area contributed by atoms with E-state index >= 15 is 0 Å². The molecule has 2 amide bonds. The summed E-state index contributed by atoms with van der Waals surface area (Å²) >= 11 is 0. The van der Waals surface area contributed by atoms with Crippen molar-refractivity contribution in [2.24, 2.45) is 28.8 Å². The van der Waals surface area contributed by atoms with Crippen molar-refractivity contribution in [1.29, 1.82) is 0 Å². The molecule has 4 atom stereocenters. The topological polar surface area (TPSA) is 92.0 Å². The first-order valence-corrected chi connectivity index (χ1v) is 11.4. The molecular formula is C27H23N3O4. The van der Waals surface area contributed by atoms with E-state index in [0.29, 0.717) is 6.54 Å². The Morgan fingerprint density at radius 3 is 2.32 bits per heavy atom. The Morgan fingerprint density at radius 2 is 1.68 bits per heavy atom. The molecule has 1 saturated carbocycles. The quantitative estimate of drug-likeness (QED) is 0.361. The molecule has 2 fully saturated rings. The van der Waals surface area contributed by atoms with Crippen LogP contribution in [0.15, 0.2) is 65.8 Å². The predicted octanol–water partition coefficient (Wildman–Crippen LogP) is 3.84. The molecule has 1 aromatic heterocycles. The number of nitrogens with zero attached hydrogens (tertiary/aromatic N) is 3. The second-order valence-electron chi connectivity index (χ2n) is 9.34. The Labute approximate surface area is 196 Å². The van der Waals surface area contributed by atoms with Crippen LogP contribution in [-0.4, -0.2) is 38.7 Å². The van der Waals surface area contributed by atoms with Gasteiger partial charge in [0, 0.05) is 28.7 Å². The number of carboxylic acid groups (broad SMARTS) is 1. The first-order valence-electron chi connectivity index (χ1n) is 11.4. The van der Waals surface area contributed by atoms with E-state index in [1.54, 1.807) is 18.3 Å². The third-order valence-corrected chi connectivity index (χ3v) is 7.57. The average Bonchev–Trinajstić information content (AvgIpc) is 3.57. The van der Waals surface area contributed by atoms with Gasteiger partial charge >= 0.3 is 5.97 Å². The van der Waals surface area contributed by atoms with Crippen molar-refractivity contribution in [1.82, 2.24) is 9.58 Å². The number of rotatable bonds is 5. The average molecular weight is 453 g/mol. The summed E-state index contributed by atoms with van der Waals surface area (Å²) < 4.78 is 2.14. The van der Waals surface area contributed by atoms with Gasteiger partial charge < -0.3 is 9.67 Å². The highest BCUT2D eigenvalue weighted by Crippen LogP contribution is 2.52. The summed E-state index contributed by atoms with van der Waals surface area (Å²) in [5.74, 6) is -1.56. The molecule has 1 N–H and O–H groups in total. The monoisotopic (exact) mass is 453 g/mol. The first kappa shape index (κ1) is 20.6. The lowest BCUT2D eigenvalue weighted by atomic mass is 9.85. The molecule has 6 rings (SSSR count). The zero-order valence-electron chi connectivity index (χ0n) is 18.6. The molecule has 3 aliphatic rings. The van der Waals surface area contributed by atoms with Gasteiger partial charge in [0.1, 0.15) is 0 Å². The van der Waals surface area contributed by atoms with Gasteiger partial charge in [-0.05, 0) is 48.9 Å². The van der Waals surface area contributed by atoms with E-state index in [2.05, 4.69) is 21.8 Å². The van der Waals surface area contributed by atoms with Crippen molar-refractivity contribution < 1.29 is 19.5 Å². The number of fused-ring (bicyclic) bond motifs is 6. The lowest BCUT2D eigenvalue weighted by molar-refractivity contribution is -0.140. The molecule has 7 nitrogen and oxygen atoms in total. The molecule has 0 spiro atoms. The number of hydrogen-bond acceptors (Lipinski definition) is 4. The molecule has 170 valence electrons. The number of allylic oxidation sites excluding steroid dienone is 2. The minimum absolute atomic E-state index is 0.155. The Hall–Kier alpha value is -4.00. The van der Waals surface area contributed by atoms with Gasteiger partial charge in [0.25, 0.3) is 11.8 Å². The summed E-state index contributed by atoms with van der Waals surface area (Å²) in [5, 5.41) is 15.6. The molecule has 2 aliphatic carbocycles. The van der Waals surface area contributed by atoms with Gasteiger partial charge in [-0.2, -0.15) is 10.1 Å². The maximum atomic E-state index is 13.0. The van der Waals surface area contributed by atoms with Gasteiger partial charge in [0.15, 0.2) is 0 Å². The van der Waals surface area contributed by atoms with Crippen LogP contribution in [0.4, 0.5) is 0 Å². The number of amides is 2. The highest BCUT2D eigenvalue weighted by Gasteiger charge is 2.59. The fourth-order valence-corrected chi connectivity index (χ4v) is 5.88. The van der Waals surface area contributed by atoms with Gasteiger partial charge in [0.05, 0.1) is 23.6 Å². The van der Waals surface area contributed by atoms with E-state index in [0.717, 1.165) is 39.2 Å². The van der Waals surface area contributed by atoms with Crippen molar-refractivity contribution in [3.8, 4) is 0 Å². The van der Waals surface area contributed by atoms with Crippen molar-refractivity contribution in [3.63, 3.8) is 0 Å². The molecule has 2 heterocycles. The molecule has 4 unspecified atom stereocenters. The molecular weight excluding hydrogens is 430 g/mol. The highest BCUT2D eigenvalue weighted by molar-refractivity contribution is 6.08. The molecule has 1 saturated heterocycles. The third-order valence-electron chi connectivity index (χ3n) is 7.57. The van der Waals surface area contributed by atoms with Crippen LogP contribution in [0.25, 0.3) is 10.9 Å². The second kappa shape index (κ2) is 7.52. The van der Waals surface area contributed by atoms with Crippen LogP contribution in [0, 0.1) is 30.6 Å². The Morgan fingerprint density at radius 1 is 1.03 bits per heavy atom. The normalized spacial score (nSPS) is 25.3. The van der Waals surface area contributed by atoms with Crippen molar-refractivity contribution in [2.45, 2.75) is 19.9 Å². The van der Waals surface area contributed by atoms with Gasteiger partial charge in [-0.15, -0.1) is 0 Å². The maximum Gasteiger partial charge on any atom is 0.335 e. The largest absolute Gasteiger partial charge is 0.478 e. The number of carbonyl (C=O) groups is 3. The SMILES string of the molecule is Cc1c(C=NN2C(=O)C3C4C=CC(C4)C3C2=O)c2ccccc2n1Cc1ccc(C(=O)O)cc1. The van der Waals surface area contributed by atoms with E-state index < -0.39 is 5.97 Å². The molecule has 0 radical (unpaired) electrons. The van der Waals surface area contributed by atoms with Crippen molar-refractivity contribution in [3.05, 3.63) is 83.1 Å². The number of hydrazone groups is 1. The zero-order valence-corrected chi connectivity index (χ0v) is 18.6. The van der Waals surface area contributed by atoms with E-state index in [-0.39, 0.29) is 41.0 Å². The van der Waals surface area contributed by atoms with Gasteiger partial charge in [0.2, 0.25) is 0 Å². The summed E-state index contributed by atoms with van der Waals surface area (Å²) in [5.41, 5.74) is 4.03. The van der Waals surface area contributed by atoms with E-state index in [1.807, 2.05) is 43.3 Å². The van der Waals surface area contributed by atoms with Crippen LogP contribution in [0.1, 0.15) is 33.6 Å². The van der Waals surface area contributed by atoms with E-state index in [9.17, 15) is 14.4 Å². The number of imide groups is 1. The molecule has 3 aromatic rings. The first-order chi connectivity index (χ1) is 16.4. The Balaban J connectivity index is 1.33. The lowest BCUT2D eigenvalue weighted by Crippen LogP contribution is -2.28. The summed E-state index contributed by atoms with van der Waals surface area (Å²) in [4.78, 5) is 37.1. The van der Waals surface area contributed by atoms with Crippen LogP contribution < -0.4 is 0 Å². The number of hydrogen-bond donors (Lipinski definition) is 1. The standard InChI is InChI=1S/C27H23N3O4/c1-15-21(13-28-30-25(31)23-18-10-11-19(12-18)24(23)26(30)32)20-4-2-3-5-22(20)29(15)14-16-6-8-17(9-7-16)27(33)34/h2-11,13,18-19,23-24H,12,14H2,1H3,(H,33,34). The Kier molecular flexibility index (Phi) is 4.55. The van der Waals surface area contributed by atoms with Crippen LogP contribution in [0.3, 0.4) is 0 Å². The number of benzene rings is 2. The minimum atomic E-state index is -0.952. The molecule has 34 heavy (non-hydrogen) atoms. The number of carbonyl (C=O) groups excluding carboxylic acids is 2. The lowest BCUT2D eigenvalue weighted by Gasteiger charge is -2.13. The number of aromatic carboxylic acids is 1. The van der Waals surface area contributed by atoms with Gasteiger partial charge in [-0.25, -0.2) is 4.79 Å². The number of para-hydroxylation sites is 1. The smallest absolute Gasteiger partial charge is 0.335 e. The maximum absolute atomic E-state index is 13.0. The van der Waals surface area contributed by atoms with Crippen LogP contribution in [-0.2, 0) is 16.1 Å². The minimum Gasteiger partial charge on any atom is -0.478 e. The highest BCUT2D eigenvalue weighted by atomic mass is 16.4. The van der Waals surface area contributed by atoms with Gasteiger partial charge in [-0.1, -0.05) is 42.5 Å². The summed E-state index contributed by atoms with van der Waals surface area (Å²) in [6, 6.07) is 14.8. The van der Waals surface area contributed by atoms with Crippen LogP contribution >= 0.6 is 0 Å². The summed E-state index contributed by atoms with van der Waals surface area (Å²) in [7, 11) is 0. The van der Waals surface area contributed by atoms with Crippen LogP contribution in [0.5, 0.6) is 0 Å². The van der Waals surface area contributed by atoms with Gasteiger partial charge in [-0.3, -0.25) is 9.59 Å². The number of aromatic nitrogens is 1. The van der Waals surface area contributed by atoms with Crippen molar-refractivity contribution in [2.75, 3.05) is 0 Å². The van der Waals surface area contributed by atoms with E-state index in [1.165, 1.54) is 0 Å². The second-order valence-corrected chi connectivity index (χ2v) is 9.34. The van der Waals surface area contributed by atoms with Crippen LogP contribution in [0.2, 0.25) is 0 Å². The molecule has 7 heteroatoms. The molecule has 1 aliphatic heterocycles. The Bertz CT molecular complexity index is 1390. The molecule has 2 bridgehead atoms. The third kappa shape index (κ3) is 2.96. The summed E-state index contributed by atoms with van der Waals surface area (Å²) in [6.07, 6.45) is 6.67. The molecule has 2 aromatic carbocycles. The van der Waals surface area contributed by atoms with Crippen molar-refractivity contribution >= 4 is 34.9 Å². The fraction of sp³-hybridized carbons (Fsp3) is 0.259. The summed E-state index contributed by atoms with van der Waals surface area (Å²) in [6.45, 7) is 2.54. The zero-order chi connectivity index (χ0) is 23.6. The van der Waals surface area contributed by atoms with E-state index in [4.69, 9.17) is 5.11 Å². The predicted molar refractivity (Wildman–Crippen MR) is 126 cm³/mol. The fourth-order valence-electron chi connectivity index (χ4n) is 5.88. The number of carboxylic acids is 1.